The van der Waals surface area contributed by atoms with Gasteiger partial charge in [0.2, 0.25) is 0 Å². The van der Waals surface area contributed by atoms with E-state index in [1.807, 2.05) is 121 Å². The average molecular weight is 1410 g/mol. The second-order valence-electron chi connectivity index (χ2n) is 27.5. The first-order valence-corrected chi connectivity index (χ1v) is 37.0. The van der Waals surface area contributed by atoms with Crippen molar-refractivity contribution in [2.75, 3.05) is 0 Å². The van der Waals surface area contributed by atoms with Gasteiger partial charge < -0.3 is 8.83 Å². The van der Waals surface area contributed by atoms with Gasteiger partial charge in [-0.3, -0.25) is 0 Å². The number of benzene rings is 17. The van der Waals surface area contributed by atoms with Gasteiger partial charge >= 0.3 is 0 Å². The van der Waals surface area contributed by atoms with Crippen LogP contribution in [0.25, 0.3) is 211 Å². The maximum atomic E-state index is 6.44. The molecule has 0 aliphatic heterocycles. The second kappa shape index (κ2) is 27.9. The zero-order chi connectivity index (χ0) is 72.9. The maximum Gasteiger partial charge on any atom is 0.167 e. The summed E-state index contributed by atoms with van der Waals surface area (Å²) < 4.78 is 12.9. The molecule has 514 valence electrons. The molecule has 8 heteroatoms. The smallest absolute Gasteiger partial charge is 0.167 e. The third-order valence-corrected chi connectivity index (χ3v) is 20.9. The lowest BCUT2D eigenvalue weighted by Crippen LogP contribution is -2.00. The molecule has 0 N–H and O–H groups in total. The van der Waals surface area contributed by atoms with Crippen molar-refractivity contribution in [1.29, 1.82) is 0 Å². The topological polar surface area (TPSA) is 104 Å². The van der Waals surface area contributed by atoms with Crippen molar-refractivity contribution in [2.45, 2.75) is 0 Å². The van der Waals surface area contributed by atoms with Crippen LogP contribution in [0.15, 0.2) is 397 Å². The Kier molecular flexibility index (Phi) is 16.4. The maximum absolute atomic E-state index is 6.44. The number of nitrogens with zero attached hydrogens (tertiary/aromatic N) is 6. The monoisotopic (exact) mass is 1400 g/mol. The predicted octanol–water partition coefficient (Wildman–Crippen LogP) is 27.0. The van der Waals surface area contributed by atoms with E-state index < -0.39 is 0 Å². The number of rotatable bonds is 12. The molecule has 0 amide bonds. The van der Waals surface area contributed by atoms with Crippen LogP contribution in [0.2, 0.25) is 0 Å². The van der Waals surface area contributed by atoms with E-state index >= 15 is 0 Å². The van der Waals surface area contributed by atoms with Crippen molar-refractivity contribution >= 4 is 76.2 Å². The largest absolute Gasteiger partial charge is 0.455 e. The highest BCUT2D eigenvalue weighted by Gasteiger charge is 2.23. The van der Waals surface area contributed by atoms with Crippen molar-refractivity contribution < 1.29 is 8.83 Å². The average Bonchev–Trinajstić information content (AvgIpc) is 0.864. The number of aromatic nitrogens is 6. The lowest BCUT2D eigenvalue weighted by atomic mass is 9.85. The lowest BCUT2D eigenvalue weighted by molar-refractivity contribution is 0.669. The number of hydrogen-bond donors (Lipinski definition) is 0. The fourth-order valence-corrected chi connectivity index (χ4v) is 15.7. The SMILES string of the molecule is c1ccc(-c2cccc(-c3ccc(-c4cccc(-c5nc(-c6ccccc6)nc(-c6cccc7c6oc6ccccc67)n5)c4)c4ccccc34)c2)cc1.c1ccc(-c2nc(-c3cccc(-c4ccc(-c5c(-c6ccccc6)ccc6ccccc56)c5ccccc45)c3)nc(-c3cccc4c3oc3ccccc34)n2)cc1. The van der Waals surface area contributed by atoms with Crippen molar-refractivity contribution in [3.05, 3.63) is 388 Å². The summed E-state index contributed by atoms with van der Waals surface area (Å²) >= 11 is 0. The van der Waals surface area contributed by atoms with Crippen molar-refractivity contribution in [2.24, 2.45) is 0 Å². The lowest BCUT2D eigenvalue weighted by Gasteiger charge is -2.18. The molecule has 4 heterocycles. The molecule has 17 aromatic carbocycles. The van der Waals surface area contributed by atoms with Gasteiger partial charge in [0.15, 0.2) is 34.9 Å². The molecule has 110 heavy (non-hydrogen) atoms. The fraction of sp³-hybridized carbons (Fsp3) is 0. The highest BCUT2D eigenvalue weighted by atomic mass is 16.3. The van der Waals surface area contributed by atoms with Crippen LogP contribution in [0, 0.1) is 0 Å². The van der Waals surface area contributed by atoms with Crippen LogP contribution in [0.1, 0.15) is 0 Å². The van der Waals surface area contributed by atoms with Gasteiger partial charge in [0.05, 0.1) is 11.1 Å². The standard InChI is InChI=1S/C53H33N3O.C49H31N3O/c1-3-15-34(16-4-1)41-30-29-35-17-7-8-22-40(35)49(41)45-32-31-39(42-23-9-10-24-43(42)45)37-20-13-21-38(33-37)52-54-51(36-18-5-2-6-19-36)55-53(56-52)47-27-14-26-46-44-25-11-12-28-48(44)57-50(46)47;1-3-14-32(15-4-1)34-18-11-19-35(30-34)38-28-29-39(41-23-8-7-22-40(38)41)36-20-12-21-37(31-36)48-50-47(33-16-5-2-6-17-33)51-49(52-48)44-26-13-25-43-42-24-9-10-27-45(42)53-46(43)44/h1-33H;1-31H. The molecular formula is C102H64N6O2. The molecule has 0 bridgehead atoms. The number of furan rings is 2. The molecule has 0 atom stereocenters. The number of fused-ring (bicyclic) bond motifs is 9. The Bertz CT molecular complexity index is 7100. The van der Waals surface area contributed by atoms with Gasteiger partial charge in [0.25, 0.3) is 0 Å². The molecular weight excluding hydrogens is 1340 g/mol. The molecule has 21 aromatic rings. The molecule has 0 saturated heterocycles. The quantitative estimate of drug-likeness (QED) is 0.119. The van der Waals surface area contributed by atoms with E-state index in [4.69, 9.17) is 38.7 Å². The van der Waals surface area contributed by atoms with Gasteiger partial charge in [0.1, 0.15) is 22.3 Å². The summed E-state index contributed by atoms with van der Waals surface area (Å²) in [4.78, 5) is 30.5. The summed E-state index contributed by atoms with van der Waals surface area (Å²) in [6.45, 7) is 0. The van der Waals surface area contributed by atoms with Crippen LogP contribution in [0.5, 0.6) is 0 Å². The van der Waals surface area contributed by atoms with E-state index in [9.17, 15) is 0 Å². The Hall–Kier alpha value is -14.9. The Morgan fingerprint density at radius 1 is 0.155 bits per heavy atom. The summed E-state index contributed by atoms with van der Waals surface area (Å²) in [5.41, 5.74) is 22.6. The molecule has 0 radical (unpaired) electrons. The third-order valence-electron chi connectivity index (χ3n) is 20.9. The van der Waals surface area contributed by atoms with E-state index in [0.717, 1.165) is 99.5 Å². The summed E-state index contributed by atoms with van der Waals surface area (Å²) in [7, 11) is 0. The summed E-state index contributed by atoms with van der Waals surface area (Å²) in [5.74, 6) is 3.54. The number of para-hydroxylation sites is 4. The Labute approximate surface area is 634 Å². The molecule has 0 fully saturated rings. The second-order valence-corrected chi connectivity index (χ2v) is 27.5. The van der Waals surface area contributed by atoms with Gasteiger partial charge in [0, 0.05) is 43.8 Å². The first-order valence-electron chi connectivity index (χ1n) is 37.0. The minimum absolute atomic E-state index is 0.563. The van der Waals surface area contributed by atoms with Crippen LogP contribution in [0.3, 0.4) is 0 Å². The molecule has 0 spiro atoms. The molecule has 4 aromatic heterocycles. The Balaban J connectivity index is 0.000000144. The summed E-state index contributed by atoms with van der Waals surface area (Å²) in [6.07, 6.45) is 0. The minimum Gasteiger partial charge on any atom is -0.455 e. The van der Waals surface area contributed by atoms with Gasteiger partial charge in [-0.25, -0.2) is 29.9 Å². The van der Waals surface area contributed by atoms with E-state index in [2.05, 4.69) is 267 Å². The highest BCUT2D eigenvalue weighted by molar-refractivity contribution is 6.15. The zero-order valence-electron chi connectivity index (χ0n) is 59.5. The van der Waals surface area contributed by atoms with Crippen molar-refractivity contribution in [1.82, 2.24) is 29.9 Å². The zero-order valence-corrected chi connectivity index (χ0v) is 59.5. The van der Waals surface area contributed by atoms with E-state index in [-0.39, 0.29) is 0 Å². The normalized spacial score (nSPS) is 11.5. The summed E-state index contributed by atoms with van der Waals surface area (Å²) in [6, 6.07) is 135. The van der Waals surface area contributed by atoms with Crippen molar-refractivity contribution in [3.63, 3.8) is 0 Å². The van der Waals surface area contributed by atoms with Crippen LogP contribution in [0.4, 0.5) is 0 Å². The van der Waals surface area contributed by atoms with Crippen LogP contribution in [-0.2, 0) is 0 Å². The van der Waals surface area contributed by atoms with Crippen molar-refractivity contribution in [3.8, 4) is 135 Å². The van der Waals surface area contributed by atoms with Crippen LogP contribution >= 0.6 is 0 Å². The summed E-state index contributed by atoms with van der Waals surface area (Å²) in [5, 5.41) is 11.4. The first-order chi connectivity index (χ1) is 54.5. The van der Waals surface area contributed by atoms with E-state index in [1.54, 1.807) is 0 Å². The minimum atomic E-state index is 0.563. The van der Waals surface area contributed by atoms with Gasteiger partial charge in [-0.15, -0.1) is 0 Å². The van der Waals surface area contributed by atoms with Gasteiger partial charge in [-0.05, 0) is 142 Å². The molecule has 0 aliphatic carbocycles. The van der Waals surface area contributed by atoms with Crippen LogP contribution in [-0.4, -0.2) is 29.9 Å². The van der Waals surface area contributed by atoms with E-state index in [1.165, 1.54) is 76.8 Å². The van der Waals surface area contributed by atoms with Gasteiger partial charge in [-0.1, -0.05) is 346 Å². The van der Waals surface area contributed by atoms with Gasteiger partial charge in [-0.2, -0.15) is 0 Å². The molecule has 0 aliphatic rings. The van der Waals surface area contributed by atoms with E-state index in [0.29, 0.717) is 34.9 Å². The molecule has 21 rings (SSSR count). The highest BCUT2D eigenvalue weighted by Crippen LogP contribution is 2.46. The Morgan fingerprint density at radius 2 is 0.455 bits per heavy atom. The first kappa shape index (κ1) is 64.7. The third kappa shape index (κ3) is 12.0. The molecule has 0 unspecified atom stereocenters. The molecule has 8 nitrogen and oxygen atoms in total. The Morgan fingerprint density at radius 3 is 0.918 bits per heavy atom. The molecule has 0 saturated carbocycles. The predicted molar refractivity (Wildman–Crippen MR) is 452 cm³/mol. The number of hydrogen-bond acceptors (Lipinski definition) is 8. The van der Waals surface area contributed by atoms with Crippen LogP contribution < -0.4 is 0 Å². The fourth-order valence-electron chi connectivity index (χ4n) is 15.7.